The first-order valence-corrected chi connectivity index (χ1v) is 6.95. The molecule has 23 heavy (non-hydrogen) atoms. The number of non-ortho nitro benzene ring substituents is 1. The highest BCUT2D eigenvalue weighted by molar-refractivity contribution is 6.30. The lowest BCUT2D eigenvalue weighted by molar-refractivity contribution is -0.384. The Morgan fingerprint density at radius 2 is 2.09 bits per heavy atom. The third kappa shape index (κ3) is 4.86. The Balaban J connectivity index is 1.89. The number of rotatable bonds is 6. The fourth-order valence-corrected chi connectivity index (χ4v) is 1.96. The van der Waals surface area contributed by atoms with E-state index in [2.05, 4.69) is 5.32 Å². The van der Waals surface area contributed by atoms with Crippen molar-refractivity contribution < 1.29 is 19.6 Å². The van der Waals surface area contributed by atoms with Crippen molar-refractivity contribution in [3.8, 4) is 11.5 Å². The molecular weight excluding hydrogens is 324 g/mol. The lowest BCUT2D eigenvalue weighted by Gasteiger charge is -2.09. The Labute approximate surface area is 136 Å². The highest BCUT2D eigenvalue weighted by atomic mass is 35.5. The van der Waals surface area contributed by atoms with Crippen LogP contribution >= 0.6 is 11.6 Å². The van der Waals surface area contributed by atoms with Gasteiger partial charge in [0.2, 0.25) is 0 Å². The van der Waals surface area contributed by atoms with E-state index in [-0.39, 0.29) is 30.2 Å². The van der Waals surface area contributed by atoms with E-state index >= 15 is 0 Å². The van der Waals surface area contributed by atoms with Crippen LogP contribution in [0.1, 0.15) is 5.56 Å². The van der Waals surface area contributed by atoms with Gasteiger partial charge in [-0.15, -0.1) is 0 Å². The summed E-state index contributed by atoms with van der Waals surface area (Å²) in [5.41, 5.74) is 0.0810. The number of phenols is 1. The number of benzene rings is 2. The van der Waals surface area contributed by atoms with E-state index in [1.54, 1.807) is 24.3 Å². The molecule has 1 amide bonds. The van der Waals surface area contributed by atoms with Crippen LogP contribution in [-0.4, -0.2) is 22.5 Å². The first kappa shape index (κ1) is 16.6. The number of phenolic OH excluding ortho intramolecular Hbond substituents is 1. The number of nitrogens with zero attached hydrogens (tertiary/aromatic N) is 1. The Morgan fingerprint density at radius 3 is 2.78 bits per heavy atom. The third-order valence-electron chi connectivity index (χ3n) is 2.92. The number of nitro benzene ring substituents is 1. The normalized spacial score (nSPS) is 10.1. The summed E-state index contributed by atoms with van der Waals surface area (Å²) in [6.45, 7) is -0.290. The van der Waals surface area contributed by atoms with Crippen molar-refractivity contribution in [3.63, 3.8) is 0 Å². The van der Waals surface area contributed by atoms with Gasteiger partial charge in [0.15, 0.2) is 6.61 Å². The number of carbonyl (C=O) groups excluding carboxylic acids is 1. The maximum atomic E-state index is 11.7. The molecule has 0 fully saturated rings. The maximum Gasteiger partial charge on any atom is 0.270 e. The molecule has 0 aromatic heterocycles. The Morgan fingerprint density at radius 1 is 1.30 bits per heavy atom. The van der Waals surface area contributed by atoms with Crippen LogP contribution in [0, 0.1) is 10.1 Å². The number of halogens is 1. The summed E-state index contributed by atoms with van der Waals surface area (Å²) >= 11 is 5.80. The van der Waals surface area contributed by atoms with E-state index in [4.69, 9.17) is 16.3 Å². The zero-order chi connectivity index (χ0) is 16.8. The largest absolute Gasteiger partial charge is 0.508 e. The van der Waals surface area contributed by atoms with Gasteiger partial charge in [0.1, 0.15) is 11.5 Å². The van der Waals surface area contributed by atoms with Gasteiger partial charge in [-0.2, -0.15) is 0 Å². The molecule has 2 aromatic rings. The number of ether oxygens (including phenoxy) is 1. The van der Waals surface area contributed by atoms with E-state index in [9.17, 15) is 20.0 Å². The fourth-order valence-electron chi connectivity index (χ4n) is 1.78. The molecule has 8 heteroatoms. The van der Waals surface area contributed by atoms with Crippen molar-refractivity contribution in [2.24, 2.45) is 0 Å². The minimum absolute atomic E-state index is 0.0503. The van der Waals surface area contributed by atoms with Crippen molar-refractivity contribution in [3.05, 3.63) is 63.2 Å². The average molecular weight is 337 g/mol. The summed E-state index contributed by atoms with van der Waals surface area (Å²) < 4.78 is 5.26. The summed E-state index contributed by atoms with van der Waals surface area (Å²) in [5, 5.41) is 23.3. The molecule has 7 nitrogen and oxygen atoms in total. The Bertz CT molecular complexity index is 736. The van der Waals surface area contributed by atoms with Gasteiger partial charge in [-0.25, -0.2) is 0 Å². The zero-order valence-corrected chi connectivity index (χ0v) is 12.6. The van der Waals surface area contributed by atoms with Gasteiger partial charge in [0.25, 0.3) is 11.6 Å². The summed E-state index contributed by atoms with van der Waals surface area (Å²) in [5.74, 6) is -0.117. The second kappa shape index (κ2) is 7.46. The Hall–Kier alpha value is -2.80. The van der Waals surface area contributed by atoms with Crippen molar-refractivity contribution >= 4 is 23.2 Å². The van der Waals surface area contributed by atoms with Crippen LogP contribution in [-0.2, 0) is 11.3 Å². The minimum atomic E-state index is -0.576. The molecule has 0 aliphatic carbocycles. The van der Waals surface area contributed by atoms with Crippen molar-refractivity contribution in [2.45, 2.75) is 6.54 Å². The highest BCUT2D eigenvalue weighted by Crippen LogP contribution is 2.22. The number of carbonyl (C=O) groups is 1. The second-order valence-electron chi connectivity index (χ2n) is 4.59. The van der Waals surface area contributed by atoms with Crippen LogP contribution in [0.4, 0.5) is 5.69 Å². The molecule has 0 unspecified atom stereocenters. The summed E-state index contributed by atoms with van der Waals surface area (Å²) in [6, 6.07) is 10.2. The molecule has 0 radical (unpaired) electrons. The van der Waals surface area contributed by atoms with Crippen LogP contribution in [0.2, 0.25) is 5.02 Å². The van der Waals surface area contributed by atoms with E-state index in [0.717, 1.165) is 0 Å². The minimum Gasteiger partial charge on any atom is -0.508 e. The van der Waals surface area contributed by atoms with Gasteiger partial charge in [0.05, 0.1) is 4.92 Å². The van der Waals surface area contributed by atoms with E-state index in [0.29, 0.717) is 10.8 Å². The predicted molar refractivity (Wildman–Crippen MR) is 83.6 cm³/mol. The van der Waals surface area contributed by atoms with Crippen molar-refractivity contribution in [2.75, 3.05) is 6.61 Å². The maximum absolute atomic E-state index is 11.7. The zero-order valence-electron chi connectivity index (χ0n) is 11.9. The second-order valence-corrected chi connectivity index (χ2v) is 5.03. The van der Waals surface area contributed by atoms with Crippen LogP contribution in [0.15, 0.2) is 42.5 Å². The summed E-state index contributed by atoms with van der Waals surface area (Å²) in [7, 11) is 0. The first-order valence-electron chi connectivity index (χ1n) is 6.57. The van der Waals surface area contributed by atoms with Crippen LogP contribution < -0.4 is 10.1 Å². The molecule has 120 valence electrons. The molecule has 0 heterocycles. The smallest absolute Gasteiger partial charge is 0.270 e. The number of hydrogen-bond donors (Lipinski definition) is 2. The molecule has 0 bridgehead atoms. The van der Waals surface area contributed by atoms with Crippen LogP contribution in [0.3, 0.4) is 0 Å². The predicted octanol–water partition coefficient (Wildman–Crippen LogP) is 2.65. The number of nitro groups is 1. The van der Waals surface area contributed by atoms with Crippen LogP contribution in [0.5, 0.6) is 11.5 Å². The molecule has 2 N–H and O–H groups in total. The molecule has 0 saturated carbocycles. The van der Waals surface area contributed by atoms with Gasteiger partial charge < -0.3 is 15.2 Å². The van der Waals surface area contributed by atoms with Crippen molar-refractivity contribution in [1.82, 2.24) is 5.32 Å². The number of amides is 1. The van der Waals surface area contributed by atoms with Gasteiger partial charge in [-0.1, -0.05) is 17.7 Å². The Kier molecular flexibility index (Phi) is 5.37. The van der Waals surface area contributed by atoms with Gasteiger partial charge >= 0.3 is 0 Å². The number of aromatic hydroxyl groups is 1. The molecule has 0 aliphatic heterocycles. The SMILES string of the molecule is O=C(COc1cccc(Cl)c1)NCc1cc([N+](=O)[O-])ccc1O. The molecule has 0 spiro atoms. The summed E-state index contributed by atoms with van der Waals surface area (Å²) in [6.07, 6.45) is 0. The molecule has 0 atom stereocenters. The van der Waals surface area contributed by atoms with E-state index in [1.807, 2.05) is 0 Å². The number of nitrogens with one attached hydrogen (secondary N) is 1. The number of hydrogen-bond acceptors (Lipinski definition) is 5. The van der Waals surface area contributed by atoms with Gasteiger partial charge in [-0.05, 0) is 24.3 Å². The molecular formula is C15H13ClN2O5. The lowest BCUT2D eigenvalue weighted by atomic mass is 10.2. The molecule has 0 aliphatic rings. The third-order valence-corrected chi connectivity index (χ3v) is 3.15. The fraction of sp³-hybridized carbons (Fsp3) is 0.133. The van der Waals surface area contributed by atoms with E-state index in [1.165, 1.54) is 18.2 Å². The summed E-state index contributed by atoms with van der Waals surface area (Å²) in [4.78, 5) is 21.8. The molecule has 0 saturated heterocycles. The monoisotopic (exact) mass is 336 g/mol. The molecule has 2 aromatic carbocycles. The topological polar surface area (TPSA) is 102 Å². The van der Waals surface area contributed by atoms with E-state index < -0.39 is 10.8 Å². The lowest BCUT2D eigenvalue weighted by Crippen LogP contribution is -2.28. The van der Waals surface area contributed by atoms with Crippen molar-refractivity contribution in [1.29, 1.82) is 0 Å². The average Bonchev–Trinajstić information content (AvgIpc) is 2.52. The quantitative estimate of drug-likeness (QED) is 0.623. The first-order chi connectivity index (χ1) is 11.0. The molecule has 2 rings (SSSR count). The van der Waals surface area contributed by atoms with Crippen LogP contribution in [0.25, 0.3) is 0 Å². The highest BCUT2D eigenvalue weighted by Gasteiger charge is 2.11. The van der Waals surface area contributed by atoms with Gasteiger partial charge in [-0.3, -0.25) is 14.9 Å². The standard InChI is InChI=1S/C15H13ClN2O5/c16-11-2-1-3-13(7-11)23-9-15(20)17-8-10-6-12(18(21)22)4-5-14(10)19/h1-7,19H,8-9H2,(H,17,20). The van der Waals surface area contributed by atoms with Gasteiger partial charge in [0, 0.05) is 29.3 Å².